The normalized spacial score (nSPS) is 10.4. The summed E-state index contributed by atoms with van der Waals surface area (Å²) in [5.74, 6) is 0.372. The van der Waals surface area contributed by atoms with Crippen LogP contribution in [0.4, 0.5) is 5.69 Å². The molecule has 0 fully saturated rings. The molecule has 0 radical (unpaired) electrons. The summed E-state index contributed by atoms with van der Waals surface area (Å²) in [6, 6.07) is 12.6. The van der Waals surface area contributed by atoms with Crippen LogP contribution in [-0.2, 0) is 4.79 Å². The number of benzene rings is 2. The number of para-hydroxylation sites is 1. The molecule has 0 saturated heterocycles. The lowest BCUT2D eigenvalue weighted by atomic mass is 10.1. The summed E-state index contributed by atoms with van der Waals surface area (Å²) < 4.78 is 12.0. The Morgan fingerprint density at radius 2 is 2.00 bits per heavy atom. The minimum atomic E-state index is -0.523. The summed E-state index contributed by atoms with van der Waals surface area (Å²) in [5, 5.41) is 12.7. The van der Waals surface area contributed by atoms with Gasteiger partial charge in [0.1, 0.15) is 11.6 Å². The highest BCUT2D eigenvalue weighted by Crippen LogP contribution is 2.39. The van der Waals surface area contributed by atoms with E-state index in [0.29, 0.717) is 39.0 Å². The number of aromatic amines is 1. The smallest absolute Gasteiger partial charge is 0.270 e. The van der Waals surface area contributed by atoms with Gasteiger partial charge in [-0.2, -0.15) is 5.26 Å². The number of hydrogen-bond donors (Lipinski definition) is 2. The van der Waals surface area contributed by atoms with Gasteiger partial charge in [-0.25, -0.2) is 4.98 Å². The second-order valence-corrected chi connectivity index (χ2v) is 8.42. The van der Waals surface area contributed by atoms with Crippen LogP contribution in [0.3, 0.4) is 0 Å². The van der Waals surface area contributed by atoms with E-state index >= 15 is 0 Å². The van der Waals surface area contributed by atoms with E-state index in [9.17, 15) is 14.9 Å². The number of thioether (sulfide) groups is 1. The highest BCUT2D eigenvalue weighted by Gasteiger charge is 2.20. The second kappa shape index (κ2) is 11.0. The van der Waals surface area contributed by atoms with Gasteiger partial charge >= 0.3 is 0 Å². The summed E-state index contributed by atoms with van der Waals surface area (Å²) in [4.78, 5) is 31.7. The van der Waals surface area contributed by atoms with E-state index in [2.05, 4.69) is 31.2 Å². The predicted octanol–water partition coefficient (Wildman–Crippen LogP) is 4.52. The van der Waals surface area contributed by atoms with E-state index in [1.807, 2.05) is 44.2 Å². The van der Waals surface area contributed by atoms with Gasteiger partial charge in [0.2, 0.25) is 0 Å². The van der Waals surface area contributed by atoms with Crippen molar-refractivity contribution >= 4 is 39.3 Å². The number of halogens is 1. The molecule has 2 aromatic carbocycles. The molecule has 0 atom stereocenters. The summed E-state index contributed by atoms with van der Waals surface area (Å²) in [5.41, 5.74) is 1.74. The van der Waals surface area contributed by atoms with E-state index in [0.717, 1.165) is 5.56 Å². The first-order valence-corrected chi connectivity index (χ1v) is 11.9. The predicted molar refractivity (Wildman–Crippen MR) is 131 cm³/mol. The lowest BCUT2D eigenvalue weighted by molar-refractivity contribution is -0.118. The number of anilines is 1. The third-order valence-electron chi connectivity index (χ3n) is 4.57. The van der Waals surface area contributed by atoms with Crippen molar-refractivity contribution in [3.05, 3.63) is 62.4 Å². The average Bonchev–Trinajstić information content (AvgIpc) is 2.80. The van der Waals surface area contributed by atoms with Crippen molar-refractivity contribution in [1.82, 2.24) is 9.97 Å². The maximum atomic E-state index is 12.4. The topological polar surface area (TPSA) is 117 Å². The Morgan fingerprint density at radius 3 is 2.67 bits per heavy atom. The van der Waals surface area contributed by atoms with Gasteiger partial charge < -0.3 is 19.8 Å². The molecule has 0 aliphatic rings. The van der Waals surface area contributed by atoms with Crippen molar-refractivity contribution in [2.75, 3.05) is 24.8 Å². The molecule has 0 spiro atoms. The molecule has 1 aromatic heterocycles. The Hall–Kier alpha value is -3.29. The van der Waals surface area contributed by atoms with E-state index in [-0.39, 0.29) is 23.8 Å². The number of H-pyrrole nitrogens is 1. The molecule has 0 unspecified atom stereocenters. The number of nitrogens with one attached hydrogen (secondary N) is 2. The number of aryl methyl sites for hydroxylation is 1. The molecule has 2 N–H and O–H groups in total. The molecule has 8 nitrogen and oxygen atoms in total. The van der Waals surface area contributed by atoms with Crippen molar-refractivity contribution in [1.29, 1.82) is 5.26 Å². The van der Waals surface area contributed by atoms with Gasteiger partial charge in [-0.05, 0) is 59.8 Å². The lowest BCUT2D eigenvalue weighted by Crippen LogP contribution is -2.21. The zero-order valence-corrected chi connectivity index (χ0v) is 20.6. The Kier molecular flexibility index (Phi) is 8.14. The SMILES string of the molecule is CCOc1cc(-c2nc(SC)[nH]c(=O)c2C#N)c(Br)cc1OCC(=O)Nc1ccccc1C. The van der Waals surface area contributed by atoms with E-state index < -0.39 is 5.56 Å². The number of nitriles is 1. The number of rotatable bonds is 8. The quantitative estimate of drug-likeness (QED) is 0.326. The van der Waals surface area contributed by atoms with Gasteiger partial charge in [-0.3, -0.25) is 9.59 Å². The van der Waals surface area contributed by atoms with Gasteiger partial charge in [0.25, 0.3) is 11.5 Å². The highest BCUT2D eigenvalue weighted by molar-refractivity contribution is 9.10. The molecule has 10 heteroatoms. The van der Waals surface area contributed by atoms with Crippen molar-refractivity contribution in [2.45, 2.75) is 19.0 Å². The van der Waals surface area contributed by atoms with Crippen LogP contribution in [0.25, 0.3) is 11.3 Å². The fraction of sp³-hybridized carbons (Fsp3) is 0.217. The molecule has 0 bridgehead atoms. The molecular formula is C23H21BrN4O4S. The minimum absolute atomic E-state index is 0.109. The zero-order chi connectivity index (χ0) is 24.0. The standard InChI is InChI=1S/C23H21BrN4O4S/c1-4-31-18-9-14(21-15(11-25)22(30)28-23(27-21)33-3)16(24)10-19(18)32-12-20(29)26-17-8-6-5-7-13(17)2/h5-10H,4,12H2,1-3H3,(H,26,29)(H,27,28,30). The number of aromatic nitrogens is 2. The van der Waals surface area contributed by atoms with Crippen LogP contribution < -0.4 is 20.3 Å². The number of carbonyl (C=O) groups is 1. The third-order valence-corrected chi connectivity index (χ3v) is 5.81. The van der Waals surface area contributed by atoms with E-state index in [4.69, 9.17) is 9.47 Å². The van der Waals surface area contributed by atoms with Gasteiger partial charge in [-0.1, -0.05) is 30.0 Å². The van der Waals surface area contributed by atoms with Crippen LogP contribution in [0, 0.1) is 18.3 Å². The molecular weight excluding hydrogens is 508 g/mol. The molecule has 0 saturated carbocycles. The number of amides is 1. The van der Waals surface area contributed by atoms with Gasteiger partial charge in [-0.15, -0.1) is 0 Å². The summed E-state index contributed by atoms with van der Waals surface area (Å²) in [6.07, 6.45) is 1.77. The minimum Gasteiger partial charge on any atom is -0.490 e. The molecule has 33 heavy (non-hydrogen) atoms. The van der Waals surface area contributed by atoms with Crippen LogP contribution in [0.1, 0.15) is 18.1 Å². The third kappa shape index (κ3) is 5.74. The first kappa shape index (κ1) is 24.4. The molecule has 3 aromatic rings. The number of nitrogens with zero attached hydrogens (tertiary/aromatic N) is 2. The largest absolute Gasteiger partial charge is 0.490 e. The number of ether oxygens (including phenoxy) is 2. The van der Waals surface area contributed by atoms with Crippen molar-refractivity contribution in [3.63, 3.8) is 0 Å². The number of carbonyl (C=O) groups excluding carboxylic acids is 1. The van der Waals surface area contributed by atoms with Gasteiger partial charge in [0, 0.05) is 15.7 Å². The van der Waals surface area contributed by atoms with Crippen molar-refractivity contribution in [3.8, 4) is 28.8 Å². The number of hydrogen-bond acceptors (Lipinski definition) is 7. The Labute approximate surface area is 203 Å². The molecule has 1 amide bonds. The van der Waals surface area contributed by atoms with Crippen LogP contribution >= 0.6 is 27.7 Å². The fourth-order valence-electron chi connectivity index (χ4n) is 2.99. The average molecular weight is 529 g/mol. The monoisotopic (exact) mass is 528 g/mol. The van der Waals surface area contributed by atoms with E-state index in [1.165, 1.54) is 11.8 Å². The zero-order valence-electron chi connectivity index (χ0n) is 18.2. The molecule has 0 aliphatic carbocycles. The summed E-state index contributed by atoms with van der Waals surface area (Å²) in [7, 11) is 0. The Morgan fingerprint density at radius 1 is 1.27 bits per heavy atom. The first-order chi connectivity index (χ1) is 15.9. The van der Waals surface area contributed by atoms with Crippen LogP contribution in [0.15, 0.2) is 50.8 Å². The second-order valence-electron chi connectivity index (χ2n) is 6.77. The maximum Gasteiger partial charge on any atom is 0.270 e. The molecule has 170 valence electrons. The molecule has 1 heterocycles. The van der Waals surface area contributed by atoms with Crippen LogP contribution in [0.2, 0.25) is 0 Å². The van der Waals surface area contributed by atoms with Gasteiger partial charge in [0.05, 0.1) is 12.3 Å². The molecule has 3 rings (SSSR count). The Bertz CT molecular complexity index is 1290. The van der Waals surface area contributed by atoms with Crippen LogP contribution in [-0.4, -0.2) is 35.3 Å². The Balaban J connectivity index is 1.92. The van der Waals surface area contributed by atoms with E-state index in [1.54, 1.807) is 18.4 Å². The molecule has 0 aliphatic heterocycles. The van der Waals surface area contributed by atoms with Crippen molar-refractivity contribution < 1.29 is 14.3 Å². The first-order valence-electron chi connectivity index (χ1n) is 9.91. The van der Waals surface area contributed by atoms with Crippen molar-refractivity contribution in [2.24, 2.45) is 0 Å². The summed E-state index contributed by atoms with van der Waals surface area (Å²) in [6.45, 7) is 3.83. The maximum absolute atomic E-state index is 12.4. The van der Waals surface area contributed by atoms with Gasteiger partial charge in [0.15, 0.2) is 23.3 Å². The van der Waals surface area contributed by atoms with Crippen LogP contribution in [0.5, 0.6) is 11.5 Å². The lowest BCUT2D eigenvalue weighted by Gasteiger charge is -2.16. The fourth-order valence-corrected chi connectivity index (χ4v) is 3.88. The summed E-state index contributed by atoms with van der Waals surface area (Å²) >= 11 is 4.72. The highest BCUT2D eigenvalue weighted by atomic mass is 79.9.